The van der Waals surface area contributed by atoms with Gasteiger partial charge in [-0.15, -0.1) is 0 Å². The molecule has 0 aliphatic heterocycles. The first-order chi connectivity index (χ1) is 6.31. The van der Waals surface area contributed by atoms with Crippen molar-refractivity contribution >= 4 is 0 Å². The largest absolute Gasteiger partial charge is 0.396 e. The molecule has 0 spiro atoms. The van der Waals surface area contributed by atoms with Crippen LogP contribution in [-0.2, 0) is 6.42 Å². The molecule has 1 aromatic carbocycles. The Morgan fingerprint density at radius 3 is 3.08 bits per heavy atom. The fourth-order valence-corrected chi connectivity index (χ4v) is 2.29. The number of rotatable bonds is 2. The van der Waals surface area contributed by atoms with Crippen LogP contribution in [0, 0.1) is 6.92 Å². The van der Waals surface area contributed by atoms with Crippen molar-refractivity contribution in [3.8, 4) is 0 Å². The van der Waals surface area contributed by atoms with Crippen LogP contribution in [0.3, 0.4) is 0 Å². The lowest BCUT2D eigenvalue weighted by molar-refractivity contribution is 0.275. The van der Waals surface area contributed by atoms with Gasteiger partial charge in [-0.2, -0.15) is 0 Å². The van der Waals surface area contributed by atoms with Gasteiger partial charge in [0.15, 0.2) is 0 Å². The van der Waals surface area contributed by atoms with Gasteiger partial charge < -0.3 is 5.11 Å². The van der Waals surface area contributed by atoms with E-state index in [1.165, 1.54) is 29.5 Å². The van der Waals surface area contributed by atoms with E-state index in [2.05, 4.69) is 25.1 Å². The maximum Gasteiger partial charge on any atom is 0.0436 e. The van der Waals surface area contributed by atoms with Gasteiger partial charge in [0, 0.05) is 6.61 Å². The van der Waals surface area contributed by atoms with E-state index in [4.69, 9.17) is 5.11 Å². The molecular formula is C12H16O. The van der Waals surface area contributed by atoms with Crippen LogP contribution in [0.2, 0.25) is 0 Å². The second-order valence-electron chi connectivity index (χ2n) is 3.95. The third-order valence-corrected chi connectivity index (χ3v) is 2.98. The molecule has 1 aliphatic rings. The molecule has 1 N–H and O–H groups in total. The summed E-state index contributed by atoms with van der Waals surface area (Å²) in [6.45, 7) is 2.46. The zero-order valence-electron chi connectivity index (χ0n) is 8.09. The molecular weight excluding hydrogens is 160 g/mol. The lowest BCUT2D eigenvalue weighted by Crippen LogP contribution is -1.96. The van der Waals surface area contributed by atoms with E-state index in [0.717, 1.165) is 6.42 Å². The second-order valence-corrected chi connectivity index (χ2v) is 3.95. The molecule has 70 valence electrons. The first-order valence-electron chi connectivity index (χ1n) is 5.01. The van der Waals surface area contributed by atoms with Gasteiger partial charge >= 0.3 is 0 Å². The van der Waals surface area contributed by atoms with Crippen LogP contribution < -0.4 is 0 Å². The number of hydrogen-bond acceptors (Lipinski definition) is 1. The van der Waals surface area contributed by atoms with Crippen LogP contribution >= 0.6 is 0 Å². The number of aryl methyl sites for hydroxylation is 2. The van der Waals surface area contributed by atoms with Crippen LogP contribution in [0.5, 0.6) is 0 Å². The molecule has 1 aliphatic carbocycles. The lowest BCUT2D eigenvalue weighted by atomic mass is 9.97. The van der Waals surface area contributed by atoms with Crippen molar-refractivity contribution in [3.63, 3.8) is 0 Å². The average Bonchev–Trinajstić information content (AvgIpc) is 2.49. The monoisotopic (exact) mass is 176 g/mol. The Bertz CT molecular complexity index is 304. The van der Waals surface area contributed by atoms with E-state index in [-0.39, 0.29) is 0 Å². The van der Waals surface area contributed by atoms with Gasteiger partial charge in [0.2, 0.25) is 0 Å². The van der Waals surface area contributed by atoms with E-state index in [0.29, 0.717) is 12.5 Å². The highest BCUT2D eigenvalue weighted by Crippen LogP contribution is 2.35. The summed E-state index contributed by atoms with van der Waals surface area (Å²) in [5, 5.41) is 8.91. The van der Waals surface area contributed by atoms with Crippen molar-refractivity contribution in [2.24, 2.45) is 0 Å². The number of aliphatic hydroxyl groups excluding tert-OH is 1. The molecule has 1 atom stereocenters. The van der Waals surface area contributed by atoms with Gasteiger partial charge in [0.05, 0.1) is 0 Å². The smallest absolute Gasteiger partial charge is 0.0436 e. The maximum absolute atomic E-state index is 8.91. The Morgan fingerprint density at radius 2 is 2.31 bits per heavy atom. The van der Waals surface area contributed by atoms with E-state index < -0.39 is 0 Å². The minimum absolute atomic E-state index is 0.317. The lowest BCUT2D eigenvalue weighted by Gasteiger charge is -2.09. The summed E-state index contributed by atoms with van der Waals surface area (Å²) in [5.41, 5.74) is 4.32. The number of benzene rings is 1. The van der Waals surface area contributed by atoms with Crippen molar-refractivity contribution in [2.45, 2.75) is 32.1 Å². The molecule has 0 saturated carbocycles. The van der Waals surface area contributed by atoms with Gasteiger partial charge in [-0.05, 0) is 43.2 Å². The van der Waals surface area contributed by atoms with E-state index in [1.54, 1.807) is 0 Å². The fraction of sp³-hybridized carbons (Fsp3) is 0.500. The van der Waals surface area contributed by atoms with E-state index >= 15 is 0 Å². The summed E-state index contributed by atoms with van der Waals surface area (Å²) >= 11 is 0. The topological polar surface area (TPSA) is 20.2 Å². The Hall–Kier alpha value is -0.820. The Morgan fingerprint density at radius 1 is 1.46 bits per heavy atom. The van der Waals surface area contributed by atoms with E-state index in [1.807, 2.05) is 0 Å². The third kappa shape index (κ3) is 1.61. The van der Waals surface area contributed by atoms with Crippen molar-refractivity contribution in [1.29, 1.82) is 0 Å². The van der Waals surface area contributed by atoms with Crippen LogP contribution in [0.1, 0.15) is 35.4 Å². The molecule has 0 saturated heterocycles. The van der Waals surface area contributed by atoms with Gasteiger partial charge in [0.1, 0.15) is 0 Å². The summed E-state index contributed by atoms with van der Waals surface area (Å²) in [6, 6.07) is 6.69. The third-order valence-electron chi connectivity index (χ3n) is 2.98. The Kier molecular flexibility index (Phi) is 2.36. The molecule has 0 aromatic heterocycles. The summed E-state index contributed by atoms with van der Waals surface area (Å²) in [5.74, 6) is 0.612. The fourth-order valence-electron chi connectivity index (χ4n) is 2.29. The summed E-state index contributed by atoms with van der Waals surface area (Å²) in [4.78, 5) is 0. The van der Waals surface area contributed by atoms with Gasteiger partial charge in [0.25, 0.3) is 0 Å². The highest BCUT2D eigenvalue weighted by molar-refractivity contribution is 5.37. The standard InChI is InChI=1S/C12H16O/c1-9-2-5-12-10(6-7-13)3-4-11(12)8-9/h2,5,8,10,13H,3-4,6-7H2,1H3. The summed E-state index contributed by atoms with van der Waals surface area (Å²) in [6.07, 6.45) is 3.34. The molecule has 1 nitrogen and oxygen atoms in total. The zero-order chi connectivity index (χ0) is 9.26. The van der Waals surface area contributed by atoms with Gasteiger partial charge in [-0.3, -0.25) is 0 Å². The highest BCUT2D eigenvalue weighted by Gasteiger charge is 2.21. The van der Waals surface area contributed by atoms with E-state index in [9.17, 15) is 0 Å². The Balaban J connectivity index is 2.27. The normalized spacial score (nSPS) is 20.3. The van der Waals surface area contributed by atoms with Crippen LogP contribution in [0.15, 0.2) is 18.2 Å². The van der Waals surface area contributed by atoms with Crippen molar-refractivity contribution in [2.75, 3.05) is 6.61 Å². The van der Waals surface area contributed by atoms with Crippen LogP contribution in [0.4, 0.5) is 0 Å². The number of fused-ring (bicyclic) bond motifs is 1. The molecule has 0 amide bonds. The molecule has 1 heteroatoms. The van der Waals surface area contributed by atoms with Crippen molar-refractivity contribution in [1.82, 2.24) is 0 Å². The van der Waals surface area contributed by atoms with Crippen molar-refractivity contribution < 1.29 is 5.11 Å². The molecule has 2 rings (SSSR count). The molecule has 13 heavy (non-hydrogen) atoms. The quantitative estimate of drug-likeness (QED) is 0.733. The molecule has 0 fully saturated rings. The molecule has 0 radical (unpaired) electrons. The Labute approximate surface area is 79.4 Å². The highest BCUT2D eigenvalue weighted by atomic mass is 16.3. The second kappa shape index (κ2) is 3.51. The first-order valence-corrected chi connectivity index (χ1v) is 5.01. The minimum atomic E-state index is 0.317. The SMILES string of the molecule is Cc1ccc2c(c1)CCC2CCO. The van der Waals surface area contributed by atoms with Gasteiger partial charge in [-0.1, -0.05) is 23.8 Å². The first kappa shape index (κ1) is 8.76. The molecule has 0 bridgehead atoms. The van der Waals surface area contributed by atoms with Crippen molar-refractivity contribution in [3.05, 3.63) is 34.9 Å². The van der Waals surface area contributed by atoms with Gasteiger partial charge in [-0.25, -0.2) is 0 Å². The zero-order valence-corrected chi connectivity index (χ0v) is 8.09. The van der Waals surface area contributed by atoms with Crippen LogP contribution in [0.25, 0.3) is 0 Å². The van der Waals surface area contributed by atoms with Crippen LogP contribution in [-0.4, -0.2) is 11.7 Å². The summed E-state index contributed by atoms with van der Waals surface area (Å²) in [7, 11) is 0. The number of aliphatic hydroxyl groups is 1. The summed E-state index contributed by atoms with van der Waals surface area (Å²) < 4.78 is 0. The number of hydrogen-bond donors (Lipinski definition) is 1. The molecule has 0 heterocycles. The average molecular weight is 176 g/mol. The minimum Gasteiger partial charge on any atom is -0.396 e. The molecule has 1 unspecified atom stereocenters. The maximum atomic E-state index is 8.91. The predicted molar refractivity (Wildman–Crippen MR) is 53.9 cm³/mol. The molecule has 1 aromatic rings. The predicted octanol–water partition coefficient (Wildman–Crippen LogP) is 2.41.